The summed E-state index contributed by atoms with van der Waals surface area (Å²) >= 11 is 0. The van der Waals surface area contributed by atoms with Crippen LogP contribution in [-0.2, 0) is 9.59 Å². The highest BCUT2D eigenvalue weighted by atomic mass is 16.4. The van der Waals surface area contributed by atoms with Gasteiger partial charge in [0, 0.05) is 13.1 Å². The molecule has 1 saturated heterocycles. The Bertz CT molecular complexity index is 390. The van der Waals surface area contributed by atoms with Crippen molar-refractivity contribution in [2.24, 2.45) is 22.7 Å². The standard InChI is InChI=1S/C17H31NO3/c1-16(2,3)12-8-7-10-18(11-9-12)14(19)13(15(20)21)17(4,5)6/h12-13H,7-11H2,1-6H3,(H,20,21). The molecule has 4 heteroatoms. The lowest BCUT2D eigenvalue weighted by Crippen LogP contribution is -2.45. The highest BCUT2D eigenvalue weighted by Gasteiger charge is 2.40. The van der Waals surface area contributed by atoms with E-state index in [4.69, 9.17) is 0 Å². The third-order valence-corrected chi connectivity index (χ3v) is 4.62. The molecule has 4 nitrogen and oxygen atoms in total. The number of hydrogen-bond acceptors (Lipinski definition) is 2. The SMILES string of the molecule is CC(C)(C)C1CCCN(C(=O)C(C(=O)O)C(C)(C)C)CC1. The fourth-order valence-electron chi connectivity index (χ4n) is 3.21. The minimum atomic E-state index is -1.01. The maximum absolute atomic E-state index is 12.6. The third kappa shape index (κ3) is 4.72. The van der Waals surface area contributed by atoms with E-state index in [2.05, 4.69) is 20.8 Å². The summed E-state index contributed by atoms with van der Waals surface area (Å²) in [6.45, 7) is 13.5. The van der Waals surface area contributed by atoms with E-state index in [1.165, 1.54) is 0 Å². The maximum Gasteiger partial charge on any atom is 0.316 e. The molecule has 0 radical (unpaired) electrons. The van der Waals surface area contributed by atoms with Gasteiger partial charge in [-0.1, -0.05) is 41.5 Å². The highest BCUT2D eigenvalue weighted by Crippen LogP contribution is 2.35. The largest absolute Gasteiger partial charge is 0.481 e. The third-order valence-electron chi connectivity index (χ3n) is 4.62. The average molecular weight is 297 g/mol. The Morgan fingerprint density at radius 1 is 1.05 bits per heavy atom. The van der Waals surface area contributed by atoms with Gasteiger partial charge in [-0.15, -0.1) is 0 Å². The Morgan fingerprint density at radius 3 is 2.05 bits per heavy atom. The van der Waals surface area contributed by atoms with Crippen molar-refractivity contribution in [2.45, 2.75) is 60.8 Å². The van der Waals surface area contributed by atoms with Gasteiger partial charge in [0.25, 0.3) is 0 Å². The second-order valence-corrected chi connectivity index (χ2v) is 8.46. The van der Waals surface area contributed by atoms with E-state index in [9.17, 15) is 14.7 Å². The molecule has 1 aliphatic rings. The molecule has 1 amide bonds. The lowest BCUT2D eigenvalue weighted by atomic mass is 9.76. The topological polar surface area (TPSA) is 57.6 Å². The van der Waals surface area contributed by atoms with Crippen LogP contribution in [0.3, 0.4) is 0 Å². The van der Waals surface area contributed by atoms with Gasteiger partial charge in [0.05, 0.1) is 0 Å². The molecule has 0 aromatic carbocycles. The Morgan fingerprint density at radius 2 is 1.62 bits per heavy atom. The molecule has 0 bridgehead atoms. The van der Waals surface area contributed by atoms with Crippen molar-refractivity contribution >= 4 is 11.9 Å². The van der Waals surface area contributed by atoms with Crippen LogP contribution in [0.25, 0.3) is 0 Å². The Labute approximate surface area is 128 Å². The Balaban J connectivity index is 2.82. The zero-order chi connectivity index (χ0) is 16.4. The van der Waals surface area contributed by atoms with Crippen LogP contribution in [0.4, 0.5) is 0 Å². The Hall–Kier alpha value is -1.06. The lowest BCUT2D eigenvalue weighted by Gasteiger charge is -2.32. The van der Waals surface area contributed by atoms with Crippen LogP contribution in [0, 0.1) is 22.7 Å². The van der Waals surface area contributed by atoms with Gasteiger partial charge in [-0.2, -0.15) is 0 Å². The molecule has 1 fully saturated rings. The summed E-state index contributed by atoms with van der Waals surface area (Å²) in [6, 6.07) is 0. The zero-order valence-electron chi connectivity index (χ0n) is 14.4. The van der Waals surface area contributed by atoms with E-state index in [-0.39, 0.29) is 11.3 Å². The predicted molar refractivity (Wildman–Crippen MR) is 84.0 cm³/mol. The second-order valence-electron chi connectivity index (χ2n) is 8.46. The minimum absolute atomic E-state index is 0.218. The number of amides is 1. The molecule has 2 atom stereocenters. The smallest absolute Gasteiger partial charge is 0.316 e. The van der Waals surface area contributed by atoms with Crippen LogP contribution >= 0.6 is 0 Å². The van der Waals surface area contributed by atoms with Crippen molar-refractivity contribution in [1.29, 1.82) is 0 Å². The summed E-state index contributed by atoms with van der Waals surface area (Å²) in [4.78, 5) is 25.9. The summed E-state index contributed by atoms with van der Waals surface area (Å²) in [7, 11) is 0. The van der Waals surface area contributed by atoms with Crippen LogP contribution < -0.4 is 0 Å². The number of carboxylic acids is 1. The molecule has 21 heavy (non-hydrogen) atoms. The molecule has 1 aliphatic heterocycles. The van der Waals surface area contributed by atoms with Crippen LogP contribution in [0.1, 0.15) is 60.8 Å². The Kier molecular flexibility index (Phi) is 5.46. The number of nitrogens with zero attached hydrogens (tertiary/aromatic N) is 1. The molecular formula is C17H31NO3. The molecule has 0 aliphatic carbocycles. The van der Waals surface area contributed by atoms with Gasteiger partial charge in [0.1, 0.15) is 5.92 Å². The first-order valence-electron chi connectivity index (χ1n) is 7.96. The first-order valence-corrected chi connectivity index (χ1v) is 7.96. The van der Waals surface area contributed by atoms with Crippen LogP contribution in [-0.4, -0.2) is 35.0 Å². The summed E-state index contributed by atoms with van der Waals surface area (Å²) < 4.78 is 0. The van der Waals surface area contributed by atoms with E-state index < -0.39 is 17.3 Å². The van der Waals surface area contributed by atoms with E-state index in [0.717, 1.165) is 19.3 Å². The van der Waals surface area contributed by atoms with E-state index in [0.29, 0.717) is 19.0 Å². The normalized spacial score (nSPS) is 22.6. The zero-order valence-corrected chi connectivity index (χ0v) is 14.4. The van der Waals surface area contributed by atoms with Crippen LogP contribution in [0.2, 0.25) is 0 Å². The van der Waals surface area contributed by atoms with Crippen LogP contribution in [0.15, 0.2) is 0 Å². The van der Waals surface area contributed by atoms with E-state index >= 15 is 0 Å². The van der Waals surface area contributed by atoms with E-state index in [1.54, 1.807) is 4.90 Å². The van der Waals surface area contributed by atoms with Gasteiger partial charge in [-0.25, -0.2) is 0 Å². The highest BCUT2D eigenvalue weighted by molar-refractivity contribution is 5.97. The van der Waals surface area contributed by atoms with Gasteiger partial charge < -0.3 is 10.0 Å². The van der Waals surface area contributed by atoms with Crippen molar-refractivity contribution < 1.29 is 14.7 Å². The maximum atomic E-state index is 12.6. The van der Waals surface area contributed by atoms with Crippen molar-refractivity contribution in [3.63, 3.8) is 0 Å². The molecular weight excluding hydrogens is 266 g/mol. The average Bonchev–Trinajstić information content (AvgIpc) is 2.50. The second kappa shape index (κ2) is 6.37. The van der Waals surface area contributed by atoms with Crippen molar-refractivity contribution in [3.05, 3.63) is 0 Å². The summed E-state index contributed by atoms with van der Waals surface area (Å²) in [5.41, 5.74) is -0.312. The molecule has 122 valence electrons. The predicted octanol–water partition coefficient (Wildman–Crippen LogP) is 3.41. The van der Waals surface area contributed by atoms with Gasteiger partial charge in [0.15, 0.2) is 0 Å². The monoisotopic (exact) mass is 297 g/mol. The van der Waals surface area contributed by atoms with Crippen molar-refractivity contribution in [3.8, 4) is 0 Å². The number of carboxylic acid groups (broad SMARTS) is 1. The summed E-state index contributed by atoms with van der Waals surface area (Å²) in [6.07, 6.45) is 3.04. The number of likely N-dealkylation sites (tertiary alicyclic amines) is 1. The van der Waals surface area contributed by atoms with Crippen molar-refractivity contribution in [1.82, 2.24) is 4.90 Å². The molecule has 1 N–H and O–H groups in total. The fourth-order valence-corrected chi connectivity index (χ4v) is 3.21. The number of aliphatic carboxylic acids is 1. The number of hydrogen-bond donors (Lipinski definition) is 1. The molecule has 0 aromatic heterocycles. The first-order chi connectivity index (χ1) is 9.44. The molecule has 2 unspecified atom stereocenters. The molecule has 0 spiro atoms. The van der Waals surface area contributed by atoms with Gasteiger partial charge in [0.2, 0.25) is 5.91 Å². The first kappa shape index (κ1) is 18.0. The number of rotatable bonds is 2. The molecule has 1 rings (SSSR count). The fraction of sp³-hybridized carbons (Fsp3) is 0.882. The molecule has 0 aromatic rings. The van der Waals surface area contributed by atoms with Crippen molar-refractivity contribution in [2.75, 3.05) is 13.1 Å². The quantitative estimate of drug-likeness (QED) is 0.795. The number of carbonyl (C=O) groups is 2. The van der Waals surface area contributed by atoms with Gasteiger partial charge >= 0.3 is 5.97 Å². The molecule has 1 heterocycles. The minimum Gasteiger partial charge on any atom is -0.481 e. The lowest BCUT2D eigenvalue weighted by molar-refractivity contribution is -0.156. The number of carbonyl (C=O) groups excluding carboxylic acids is 1. The summed E-state index contributed by atoms with van der Waals surface area (Å²) in [5.74, 6) is -1.59. The van der Waals surface area contributed by atoms with E-state index in [1.807, 2.05) is 20.8 Å². The van der Waals surface area contributed by atoms with Gasteiger partial charge in [-0.05, 0) is 36.0 Å². The summed E-state index contributed by atoms with van der Waals surface area (Å²) in [5, 5.41) is 9.41. The van der Waals surface area contributed by atoms with Gasteiger partial charge in [-0.3, -0.25) is 9.59 Å². The van der Waals surface area contributed by atoms with Crippen LogP contribution in [0.5, 0.6) is 0 Å². The molecule has 0 saturated carbocycles.